The Morgan fingerprint density at radius 1 is 1.04 bits per heavy atom. The minimum atomic E-state index is -1.01. The lowest BCUT2D eigenvalue weighted by Crippen LogP contribution is -2.40. The first-order valence-corrected chi connectivity index (χ1v) is 8.21. The molecule has 0 saturated heterocycles. The highest BCUT2D eigenvalue weighted by Crippen LogP contribution is 2.24. The molecule has 139 valence electrons. The lowest BCUT2D eigenvalue weighted by Gasteiger charge is -2.29. The fraction of sp³-hybridized carbons (Fsp3) is 0.833. The highest BCUT2D eigenvalue weighted by molar-refractivity contribution is 5.74. The average Bonchev–Trinajstić information content (AvgIpc) is 2.43. The second-order valence-electron chi connectivity index (χ2n) is 8.06. The van der Waals surface area contributed by atoms with E-state index >= 15 is 0 Å². The van der Waals surface area contributed by atoms with Crippen LogP contribution in [0, 0.1) is 17.3 Å². The van der Waals surface area contributed by atoms with Crippen molar-refractivity contribution in [3.8, 4) is 0 Å². The van der Waals surface area contributed by atoms with Gasteiger partial charge in [0.1, 0.15) is 11.7 Å². The zero-order chi connectivity index (χ0) is 19.1. The Labute approximate surface area is 145 Å². The van der Waals surface area contributed by atoms with Gasteiger partial charge in [-0.3, -0.25) is 9.59 Å². The molecule has 1 radical (unpaired) electrons. The largest absolute Gasteiger partial charge is 0.465 e. The van der Waals surface area contributed by atoms with Gasteiger partial charge in [-0.25, -0.2) is 4.79 Å². The van der Waals surface area contributed by atoms with Crippen molar-refractivity contribution in [3.05, 3.63) is 0 Å². The van der Waals surface area contributed by atoms with Crippen LogP contribution in [0.3, 0.4) is 0 Å². The Hall–Kier alpha value is -1.59. The van der Waals surface area contributed by atoms with Gasteiger partial charge in [-0.05, 0) is 33.1 Å². The summed E-state index contributed by atoms with van der Waals surface area (Å²) in [5.41, 5.74) is -1.10. The number of carbonyl (C=O) groups excluding carboxylic acids is 3. The summed E-state index contributed by atoms with van der Waals surface area (Å²) in [6.07, 6.45) is -0.292. The van der Waals surface area contributed by atoms with Crippen molar-refractivity contribution in [1.29, 1.82) is 0 Å². The van der Waals surface area contributed by atoms with Gasteiger partial charge in [0.15, 0.2) is 0 Å². The van der Waals surface area contributed by atoms with Gasteiger partial charge in [0.25, 0.3) is 0 Å². The van der Waals surface area contributed by atoms with E-state index in [0.717, 1.165) is 0 Å². The lowest BCUT2D eigenvalue weighted by molar-refractivity contribution is -0.164. The van der Waals surface area contributed by atoms with Crippen molar-refractivity contribution in [2.45, 2.75) is 73.5 Å². The van der Waals surface area contributed by atoms with Gasteiger partial charge in [0.05, 0.1) is 18.9 Å². The number of hydrogen-bond acceptors (Lipinski definition) is 6. The molecule has 0 rings (SSSR count). The molecule has 0 amide bonds. The van der Waals surface area contributed by atoms with Crippen LogP contribution in [-0.4, -0.2) is 36.7 Å². The topological polar surface area (TPSA) is 78.9 Å². The fourth-order valence-corrected chi connectivity index (χ4v) is 1.67. The molecule has 0 fully saturated rings. The summed E-state index contributed by atoms with van der Waals surface area (Å²) >= 11 is 0. The maximum atomic E-state index is 12.2. The van der Waals surface area contributed by atoms with E-state index in [2.05, 4.69) is 0 Å². The zero-order valence-corrected chi connectivity index (χ0v) is 16.1. The van der Waals surface area contributed by atoms with Crippen LogP contribution in [0.25, 0.3) is 0 Å². The minimum absolute atomic E-state index is 0.0897. The Morgan fingerprint density at radius 2 is 1.58 bits per heavy atom. The molecule has 0 aliphatic heterocycles. The van der Waals surface area contributed by atoms with E-state index in [-0.39, 0.29) is 23.7 Å². The molecule has 0 N–H and O–H groups in total. The minimum Gasteiger partial charge on any atom is -0.465 e. The van der Waals surface area contributed by atoms with Gasteiger partial charge < -0.3 is 14.2 Å². The first-order valence-electron chi connectivity index (χ1n) is 8.21. The zero-order valence-electron chi connectivity index (χ0n) is 16.1. The third-order valence-corrected chi connectivity index (χ3v) is 3.96. The molecule has 0 aliphatic rings. The second-order valence-corrected chi connectivity index (χ2v) is 8.06. The molecule has 0 bridgehead atoms. The van der Waals surface area contributed by atoms with Crippen LogP contribution in [0.5, 0.6) is 0 Å². The van der Waals surface area contributed by atoms with E-state index in [1.807, 2.05) is 27.7 Å². The molecule has 0 aromatic carbocycles. The number of esters is 2. The van der Waals surface area contributed by atoms with E-state index in [1.165, 1.54) is 6.47 Å². The van der Waals surface area contributed by atoms with Crippen LogP contribution in [0.4, 0.5) is 0 Å². The highest BCUT2D eigenvalue weighted by atomic mass is 16.6. The average molecular weight is 343 g/mol. The summed E-state index contributed by atoms with van der Waals surface area (Å²) in [5.74, 6) is -1.64. The summed E-state index contributed by atoms with van der Waals surface area (Å²) < 4.78 is 15.4. The quantitative estimate of drug-likeness (QED) is 0.473. The Morgan fingerprint density at radius 3 is 2.04 bits per heavy atom. The highest BCUT2D eigenvalue weighted by Gasteiger charge is 2.36. The second kappa shape index (κ2) is 9.04. The van der Waals surface area contributed by atoms with Crippen LogP contribution >= 0.6 is 0 Å². The summed E-state index contributed by atoms with van der Waals surface area (Å²) in [4.78, 5) is 34.4. The van der Waals surface area contributed by atoms with E-state index in [1.54, 1.807) is 27.7 Å². The monoisotopic (exact) mass is 343 g/mol. The molecular formula is C18H31O6. The molecule has 6 heteroatoms. The molecule has 24 heavy (non-hydrogen) atoms. The molecule has 0 aromatic heterocycles. The number of rotatable bonds is 9. The molecule has 0 aliphatic carbocycles. The Kier molecular flexibility index (Phi) is 8.44. The maximum Gasteiger partial charge on any atom is 0.418 e. The molecule has 6 nitrogen and oxygen atoms in total. The van der Waals surface area contributed by atoms with Crippen molar-refractivity contribution in [1.82, 2.24) is 0 Å². The molecule has 3 atom stereocenters. The SMILES string of the molecule is CC(CC(=O)OCC(C)(C)C)C(C)OC(=O)C(C)C(C)(C)O[C]=O. The summed E-state index contributed by atoms with van der Waals surface area (Å²) in [7, 11) is 0. The van der Waals surface area contributed by atoms with E-state index < -0.39 is 23.6 Å². The number of carbonyl (C=O) groups is 2. The predicted molar refractivity (Wildman–Crippen MR) is 89.8 cm³/mol. The van der Waals surface area contributed by atoms with Crippen LogP contribution in [0.2, 0.25) is 0 Å². The number of hydrogen-bond donors (Lipinski definition) is 0. The smallest absolute Gasteiger partial charge is 0.418 e. The molecular weight excluding hydrogens is 312 g/mol. The Balaban J connectivity index is 4.49. The van der Waals surface area contributed by atoms with Crippen LogP contribution in [0.15, 0.2) is 0 Å². The van der Waals surface area contributed by atoms with Crippen molar-refractivity contribution in [3.63, 3.8) is 0 Å². The van der Waals surface area contributed by atoms with Crippen molar-refractivity contribution in [2.24, 2.45) is 17.3 Å². The molecule has 0 aromatic rings. The summed E-state index contributed by atoms with van der Waals surface area (Å²) in [5, 5.41) is 0. The van der Waals surface area contributed by atoms with Crippen LogP contribution < -0.4 is 0 Å². The van der Waals surface area contributed by atoms with Gasteiger partial charge in [0.2, 0.25) is 0 Å². The summed E-state index contributed by atoms with van der Waals surface area (Å²) in [6.45, 7) is 16.0. The van der Waals surface area contributed by atoms with E-state index in [0.29, 0.717) is 6.61 Å². The van der Waals surface area contributed by atoms with E-state index in [4.69, 9.17) is 14.2 Å². The maximum absolute atomic E-state index is 12.2. The first-order chi connectivity index (χ1) is 10.8. The standard InChI is InChI=1S/C18H31O6/c1-12(9-15(20)22-10-17(4,5)6)14(3)24-16(21)13(2)18(7,8)23-11-19/h12-14H,9-10H2,1-8H3. The molecule has 0 saturated carbocycles. The van der Waals surface area contributed by atoms with Crippen molar-refractivity contribution >= 4 is 18.4 Å². The number of ether oxygens (including phenoxy) is 3. The predicted octanol–water partition coefficient (Wildman–Crippen LogP) is 3.03. The first kappa shape index (κ1) is 22.4. The van der Waals surface area contributed by atoms with Gasteiger partial charge in [0, 0.05) is 5.92 Å². The van der Waals surface area contributed by atoms with Crippen molar-refractivity contribution < 1.29 is 28.6 Å². The molecule has 3 unspecified atom stereocenters. The molecule has 0 heterocycles. The van der Waals surface area contributed by atoms with Crippen molar-refractivity contribution in [2.75, 3.05) is 6.61 Å². The normalized spacial score (nSPS) is 15.8. The van der Waals surface area contributed by atoms with Gasteiger partial charge in [-0.1, -0.05) is 27.7 Å². The third-order valence-electron chi connectivity index (χ3n) is 3.96. The van der Waals surface area contributed by atoms with Crippen LogP contribution in [-0.2, 0) is 28.6 Å². The fourth-order valence-electron chi connectivity index (χ4n) is 1.67. The Bertz CT molecular complexity index is 435. The lowest BCUT2D eigenvalue weighted by atomic mass is 9.92. The third kappa shape index (κ3) is 8.31. The van der Waals surface area contributed by atoms with Crippen LogP contribution in [0.1, 0.15) is 61.8 Å². The van der Waals surface area contributed by atoms with E-state index in [9.17, 15) is 14.4 Å². The van der Waals surface area contributed by atoms with Gasteiger partial charge in [-0.15, -0.1) is 0 Å². The summed E-state index contributed by atoms with van der Waals surface area (Å²) in [6, 6.07) is 0. The van der Waals surface area contributed by atoms with Gasteiger partial charge in [-0.2, -0.15) is 0 Å². The molecule has 0 spiro atoms. The van der Waals surface area contributed by atoms with Gasteiger partial charge >= 0.3 is 18.4 Å².